The number of hydrogen-bond acceptors (Lipinski definition) is 28. The van der Waals surface area contributed by atoms with E-state index in [2.05, 4.69) is 5.32 Å². The molecule has 22 atom stereocenters. The number of ketones is 2. The van der Waals surface area contributed by atoms with Crippen molar-refractivity contribution >= 4 is 59.9 Å². The van der Waals surface area contributed by atoms with Crippen LogP contribution in [0.25, 0.3) is 0 Å². The van der Waals surface area contributed by atoms with Crippen molar-refractivity contribution in [2.45, 2.75) is 229 Å². The number of nitrogens with one attached hydrogen (secondary N) is 1. The molecule has 30 nitrogen and oxygen atoms in total. The second kappa shape index (κ2) is 31.7. The molecule has 0 aromatic heterocycles. The first-order chi connectivity index (χ1) is 52.3. The summed E-state index contributed by atoms with van der Waals surface area (Å²) in [5, 5.41) is 106. The van der Waals surface area contributed by atoms with E-state index in [0.29, 0.717) is 11.1 Å². The Bertz CT molecular complexity index is 4320. The monoisotopic (exact) mass is 1560 g/mol. The molecule has 1 amide bonds. The molecule has 6 fully saturated rings. The van der Waals surface area contributed by atoms with E-state index >= 15 is 0 Å². The molecule has 606 valence electrons. The van der Waals surface area contributed by atoms with E-state index in [1.807, 2.05) is 0 Å². The van der Waals surface area contributed by atoms with E-state index in [9.17, 15) is 84.0 Å². The van der Waals surface area contributed by atoms with E-state index in [0.717, 1.165) is 6.92 Å². The van der Waals surface area contributed by atoms with Gasteiger partial charge in [-0.2, -0.15) is 0 Å². The Morgan fingerprint density at radius 1 is 0.554 bits per heavy atom. The van der Waals surface area contributed by atoms with Gasteiger partial charge in [0.05, 0.1) is 71.3 Å². The lowest BCUT2D eigenvalue weighted by molar-refractivity contribution is -0.346. The van der Waals surface area contributed by atoms with Gasteiger partial charge in [-0.05, 0) is 106 Å². The second-order valence-corrected chi connectivity index (χ2v) is 32.7. The highest BCUT2D eigenvalue weighted by atomic mass is 16.6. The molecular weight excluding hydrogens is 1460 g/mol. The maximum Gasteiger partial charge on any atom is 0.408 e. The number of nitrogens with two attached hydrogens (primary N) is 1. The van der Waals surface area contributed by atoms with Gasteiger partial charge >= 0.3 is 41.9 Å². The fraction of sp³-hybridized carbons (Fsp3) is 0.537. The van der Waals surface area contributed by atoms with Crippen LogP contribution in [0.1, 0.15) is 160 Å². The third kappa shape index (κ3) is 14.7. The maximum atomic E-state index is 14.9. The summed E-state index contributed by atoms with van der Waals surface area (Å²) in [6.07, 6.45) is -21.4. The van der Waals surface area contributed by atoms with E-state index in [1.165, 1.54) is 58.9 Å². The molecule has 12 rings (SSSR count). The number of carbonyl (C=O) groups excluding carboxylic acids is 9. The molecule has 0 radical (unpaired) electrons. The quantitative estimate of drug-likeness (QED) is 0.0334. The first kappa shape index (κ1) is 85.3. The molecule has 8 aliphatic rings. The average Bonchev–Trinajstić information content (AvgIpc) is 0.674. The van der Waals surface area contributed by atoms with Crippen molar-refractivity contribution in [3.05, 3.63) is 166 Å². The van der Waals surface area contributed by atoms with E-state index < -0.39 is 213 Å². The lowest BCUT2D eigenvalue weighted by Crippen LogP contribution is -2.81. The number of carbonyl (C=O) groups is 10. The van der Waals surface area contributed by atoms with Gasteiger partial charge in [0.15, 0.2) is 35.0 Å². The smallest absolute Gasteiger partial charge is 0.408 e. The SMILES string of the molecule is CC(=O)O[C@@]12CO[C@@H]1C[C@H](O)[C@@]1(C)C(=O)[C@H](O)C3=C(C)[C@@H](OC(=O)[C@H](O)[C@@H](N)c4ccccc4)C[C@@](O)([C@@H](OC(=O)c4ccccc4)[C@H]21)C3(C)C.CC(=O)O[C@@]12CO[C@@H]1C[C@H](O)[C@@]1(C)C(=O)[C@H](O)C3=C(C)[C@@H](OC(=O)[C@H](O)[C@@H](NC(=O)OC(C)(C)C)c4ccccc4)C[C@@](O)([C@@H](OC(=O)c4ccccc4)[C@H]21)C3(C)C.O=CO. The summed E-state index contributed by atoms with van der Waals surface area (Å²) >= 11 is 0. The van der Waals surface area contributed by atoms with Crippen LogP contribution in [0.4, 0.5) is 4.79 Å². The number of benzene rings is 4. The number of alkyl carbamates (subject to hydrolysis) is 1. The van der Waals surface area contributed by atoms with Crippen LogP contribution in [0.2, 0.25) is 0 Å². The van der Waals surface area contributed by atoms with Gasteiger partial charge < -0.3 is 99.6 Å². The van der Waals surface area contributed by atoms with Gasteiger partial charge in [-0.15, -0.1) is 0 Å². The number of aliphatic hydroxyl groups excluding tert-OH is 6. The number of fused-ring (bicyclic) bond motifs is 10. The van der Waals surface area contributed by atoms with Crippen LogP contribution in [-0.2, 0) is 76.2 Å². The van der Waals surface area contributed by atoms with E-state index in [4.69, 9.17) is 58.3 Å². The van der Waals surface area contributed by atoms with Crippen molar-refractivity contribution in [3.63, 3.8) is 0 Å². The number of carboxylic acid groups (broad SMARTS) is 1. The highest BCUT2D eigenvalue weighted by molar-refractivity contribution is 5.96. The Kier molecular flexibility index (Phi) is 24.1. The van der Waals surface area contributed by atoms with Crippen LogP contribution < -0.4 is 11.1 Å². The summed E-state index contributed by atoms with van der Waals surface area (Å²) in [6.45, 7) is 18.5. The lowest BCUT2D eigenvalue weighted by atomic mass is 9.44. The summed E-state index contributed by atoms with van der Waals surface area (Å²) in [6, 6.07) is 29.8. The predicted molar refractivity (Wildman–Crippen MR) is 391 cm³/mol. The zero-order valence-corrected chi connectivity index (χ0v) is 64.5. The van der Waals surface area contributed by atoms with Gasteiger partial charge in [0.1, 0.15) is 65.6 Å². The van der Waals surface area contributed by atoms with Gasteiger partial charge in [-0.3, -0.25) is 24.0 Å². The van der Waals surface area contributed by atoms with Gasteiger partial charge in [0.2, 0.25) is 0 Å². The molecular formula is C82H100N2O28. The minimum Gasteiger partial charge on any atom is -0.483 e. The standard InChI is InChI=1S/C43H53NO14.C38H45NO12.CH2O2/c1-22-26(55-37(51)32(48)30(24-15-11-9-12-16-24)44-38(52)58-39(3,4)5)20-43(53)35(56-36(50)25-17-13-10-14-18-25)33-41(8,34(49)31(47)29(22)40(43,6)7)27(46)19-28-42(33,21-54-28)57-23(2)45;1-19-23(49-34(46)29(43)27(39)21-12-8-6-9-13-21)17-38(47)32(50-33(45)22-14-10-7-11-15-22)30-36(5,31(44)28(42)26(19)35(38,3)4)24(41)16-25-37(30,18-48-25)51-20(2)40;2-1-3/h9-18,26-28,30-33,35,46-48,53H,19-21H2,1-8H3,(H,44,52);6-15,23-25,27-30,32,41-43,47H,16-18,39H2,1-5H3;1H,(H,2,3)/t26-,27-,28+,30-,31+,32+,33-,35-,41+,42-,43+;23-,24-,25+,27-,28+,29+,30-,32-,36+,37-,38+;/m00./s1. The highest BCUT2D eigenvalue weighted by Crippen LogP contribution is 2.67. The fourth-order valence-corrected chi connectivity index (χ4v) is 18.5. The molecule has 12 N–H and O–H groups in total. The van der Waals surface area contributed by atoms with E-state index in [-0.39, 0.29) is 65.9 Å². The highest BCUT2D eigenvalue weighted by Gasteiger charge is 2.80. The van der Waals surface area contributed by atoms with Crippen LogP contribution in [0.5, 0.6) is 0 Å². The lowest BCUT2D eigenvalue weighted by Gasteiger charge is -2.67. The molecule has 6 aliphatic carbocycles. The largest absolute Gasteiger partial charge is 0.483 e. The van der Waals surface area contributed by atoms with Gasteiger partial charge in [0, 0.05) is 50.4 Å². The summed E-state index contributed by atoms with van der Waals surface area (Å²) in [5.74, 6) is -10.5. The van der Waals surface area contributed by atoms with Gasteiger partial charge in [0.25, 0.3) is 6.47 Å². The van der Waals surface area contributed by atoms with Gasteiger partial charge in [-0.25, -0.2) is 24.0 Å². The molecule has 4 bridgehead atoms. The molecule has 2 saturated heterocycles. The topological polar surface area (TPSA) is 474 Å². The predicted octanol–water partition coefficient (Wildman–Crippen LogP) is 4.65. The number of ether oxygens (including phenoxy) is 9. The first-order valence-corrected chi connectivity index (χ1v) is 36.8. The molecule has 112 heavy (non-hydrogen) atoms. The second-order valence-electron chi connectivity index (χ2n) is 32.7. The third-order valence-electron chi connectivity index (χ3n) is 24.5. The third-order valence-corrected chi connectivity index (χ3v) is 24.5. The zero-order valence-electron chi connectivity index (χ0n) is 64.5. The molecule has 4 aromatic rings. The van der Waals surface area contributed by atoms with Crippen molar-refractivity contribution in [1.29, 1.82) is 0 Å². The number of esters is 6. The molecule has 2 aliphatic heterocycles. The number of amides is 1. The summed E-state index contributed by atoms with van der Waals surface area (Å²) in [4.78, 5) is 132. The Labute approximate surface area is 646 Å². The minimum absolute atomic E-state index is 0.0120. The summed E-state index contributed by atoms with van der Waals surface area (Å²) in [5.41, 5.74) is -8.63. The Balaban J connectivity index is 0.000000231. The fourth-order valence-electron chi connectivity index (χ4n) is 18.5. The number of aliphatic hydroxyl groups is 8. The number of Topliss-reactive ketones (excluding diaryl/α,β-unsaturated/α-hetero) is 2. The molecule has 0 spiro atoms. The van der Waals surface area contributed by atoms with Gasteiger partial charge in [-0.1, -0.05) is 125 Å². The molecule has 4 saturated carbocycles. The minimum atomic E-state index is -2.35. The summed E-state index contributed by atoms with van der Waals surface area (Å²) < 4.78 is 53.4. The van der Waals surface area contributed by atoms with Crippen LogP contribution in [0, 0.1) is 33.5 Å². The van der Waals surface area contributed by atoms with E-state index in [1.54, 1.807) is 146 Å². The van der Waals surface area contributed by atoms with Crippen LogP contribution in [0.15, 0.2) is 144 Å². The Morgan fingerprint density at radius 2 is 0.893 bits per heavy atom. The van der Waals surface area contributed by atoms with Crippen LogP contribution in [0.3, 0.4) is 0 Å². The summed E-state index contributed by atoms with van der Waals surface area (Å²) in [7, 11) is 0. The van der Waals surface area contributed by atoms with Crippen molar-refractivity contribution in [3.8, 4) is 0 Å². The average molecular weight is 1560 g/mol. The molecule has 2 heterocycles. The van der Waals surface area contributed by atoms with Crippen molar-refractivity contribution in [2.24, 2.45) is 39.2 Å². The molecule has 4 aromatic carbocycles. The number of rotatable bonds is 15. The van der Waals surface area contributed by atoms with Crippen LogP contribution >= 0.6 is 0 Å². The maximum absolute atomic E-state index is 14.9. The van der Waals surface area contributed by atoms with Crippen LogP contribution in [-0.4, -0.2) is 220 Å². The number of hydrogen-bond donors (Lipinski definition) is 11. The molecule has 30 heteroatoms. The van der Waals surface area contributed by atoms with Crippen molar-refractivity contribution in [1.82, 2.24) is 5.32 Å². The Hall–Kier alpha value is -9.18. The van der Waals surface area contributed by atoms with Crippen molar-refractivity contribution < 1.29 is 137 Å². The zero-order chi connectivity index (χ0) is 82.7. The normalized spacial score (nSPS) is 34.2. The molecule has 0 unspecified atom stereocenters. The Morgan fingerprint density at radius 3 is 1.22 bits per heavy atom. The first-order valence-electron chi connectivity index (χ1n) is 36.8. The van der Waals surface area contributed by atoms with Crippen molar-refractivity contribution in [2.75, 3.05) is 13.2 Å².